The summed E-state index contributed by atoms with van der Waals surface area (Å²) in [7, 11) is 0. The van der Waals surface area contributed by atoms with Gasteiger partial charge in [-0.15, -0.1) is 11.8 Å². The summed E-state index contributed by atoms with van der Waals surface area (Å²) in [5, 5.41) is 19.1. The second kappa shape index (κ2) is 5.05. The fourth-order valence-electron chi connectivity index (χ4n) is 1.59. The number of hydrogen-bond acceptors (Lipinski definition) is 4. The molecule has 2 rings (SSSR count). The standard InChI is InChI=1S/C12H11NO3S/c14-10-4-3-8(6-17-7-11(15)16)9-2-1-5-13-12(9)10/h1-5,14H,6-7H2,(H,15,16). The van der Waals surface area contributed by atoms with Crippen LogP contribution < -0.4 is 0 Å². The van der Waals surface area contributed by atoms with E-state index in [1.165, 1.54) is 11.8 Å². The third-order valence-electron chi connectivity index (χ3n) is 2.32. The number of aromatic hydroxyl groups is 1. The maximum Gasteiger partial charge on any atom is 0.313 e. The Labute approximate surface area is 102 Å². The van der Waals surface area contributed by atoms with Gasteiger partial charge in [0.2, 0.25) is 0 Å². The zero-order valence-corrected chi connectivity index (χ0v) is 9.78. The van der Waals surface area contributed by atoms with Gasteiger partial charge in [0.1, 0.15) is 11.3 Å². The molecule has 17 heavy (non-hydrogen) atoms. The van der Waals surface area contributed by atoms with Crippen LogP contribution >= 0.6 is 11.8 Å². The van der Waals surface area contributed by atoms with Crippen LogP contribution in [-0.4, -0.2) is 26.9 Å². The molecular weight excluding hydrogens is 238 g/mol. The number of carboxylic acids is 1. The van der Waals surface area contributed by atoms with E-state index in [1.807, 2.05) is 6.07 Å². The van der Waals surface area contributed by atoms with Gasteiger partial charge in [-0.3, -0.25) is 9.78 Å². The number of hydrogen-bond donors (Lipinski definition) is 2. The van der Waals surface area contributed by atoms with Crippen LogP contribution in [-0.2, 0) is 10.5 Å². The summed E-state index contributed by atoms with van der Waals surface area (Å²) >= 11 is 1.33. The van der Waals surface area contributed by atoms with Gasteiger partial charge in [-0.05, 0) is 17.7 Å². The molecule has 5 heteroatoms. The number of thioether (sulfide) groups is 1. The molecule has 0 fully saturated rings. The van der Waals surface area contributed by atoms with E-state index >= 15 is 0 Å². The zero-order valence-electron chi connectivity index (χ0n) is 8.96. The maximum atomic E-state index is 10.4. The number of phenols is 1. The lowest BCUT2D eigenvalue weighted by molar-refractivity contribution is -0.133. The molecule has 0 saturated carbocycles. The first-order chi connectivity index (χ1) is 8.18. The third kappa shape index (κ3) is 2.68. The van der Waals surface area contributed by atoms with E-state index < -0.39 is 5.97 Å². The first-order valence-corrected chi connectivity index (χ1v) is 6.19. The minimum atomic E-state index is -0.823. The number of pyridine rings is 1. The van der Waals surface area contributed by atoms with Gasteiger partial charge >= 0.3 is 5.97 Å². The van der Waals surface area contributed by atoms with E-state index in [0.717, 1.165) is 10.9 Å². The Morgan fingerprint density at radius 3 is 2.94 bits per heavy atom. The van der Waals surface area contributed by atoms with Gasteiger partial charge in [0.15, 0.2) is 0 Å². The van der Waals surface area contributed by atoms with Gasteiger partial charge in [0.05, 0.1) is 5.75 Å². The molecule has 1 aromatic carbocycles. The Kier molecular flexibility index (Phi) is 3.49. The minimum absolute atomic E-state index is 0.0721. The molecule has 88 valence electrons. The molecule has 0 aliphatic carbocycles. The number of carbonyl (C=O) groups is 1. The van der Waals surface area contributed by atoms with E-state index in [9.17, 15) is 9.90 Å². The van der Waals surface area contributed by atoms with E-state index in [4.69, 9.17) is 5.11 Å². The highest BCUT2D eigenvalue weighted by Gasteiger charge is 2.06. The Balaban J connectivity index is 2.28. The average molecular weight is 249 g/mol. The number of nitrogens with zero attached hydrogens (tertiary/aromatic N) is 1. The molecule has 0 amide bonds. The monoisotopic (exact) mass is 249 g/mol. The molecule has 1 aromatic heterocycles. The van der Waals surface area contributed by atoms with Gasteiger partial charge < -0.3 is 10.2 Å². The summed E-state index contributed by atoms with van der Waals surface area (Å²) < 4.78 is 0. The zero-order chi connectivity index (χ0) is 12.3. The topological polar surface area (TPSA) is 70.4 Å². The first-order valence-electron chi connectivity index (χ1n) is 5.03. The van der Waals surface area contributed by atoms with E-state index in [1.54, 1.807) is 24.4 Å². The number of carboxylic acid groups (broad SMARTS) is 1. The Morgan fingerprint density at radius 1 is 1.35 bits per heavy atom. The minimum Gasteiger partial charge on any atom is -0.506 e. The lowest BCUT2D eigenvalue weighted by atomic mass is 10.1. The van der Waals surface area contributed by atoms with Crippen LogP contribution in [0, 0.1) is 0 Å². The molecule has 0 aliphatic heterocycles. The quantitative estimate of drug-likeness (QED) is 0.869. The Hall–Kier alpha value is -1.75. The van der Waals surface area contributed by atoms with Crippen molar-refractivity contribution in [3.8, 4) is 5.75 Å². The molecular formula is C12H11NO3S. The fourth-order valence-corrected chi connectivity index (χ4v) is 2.34. The molecule has 0 atom stereocenters. The number of fused-ring (bicyclic) bond motifs is 1. The number of rotatable bonds is 4. The maximum absolute atomic E-state index is 10.4. The smallest absolute Gasteiger partial charge is 0.313 e. The highest BCUT2D eigenvalue weighted by atomic mass is 32.2. The van der Waals surface area contributed by atoms with Gasteiger partial charge in [-0.1, -0.05) is 12.1 Å². The summed E-state index contributed by atoms with van der Waals surface area (Å²) in [6.07, 6.45) is 1.62. The molecule has 0 unspecified atom stereocenters. The van der Waals surface area contributed by atoms with Crippen LogP contribution in [0.25, 0.3) is 10.9 Å². The van der Waals surface area contributed by atoms with Crippen molar-refractivity contribution in [1.29, 1.82) is 0 Å². The first kappa shape index (κ1) is 11.7. The van der Waals surface area contributed by atoms with Crippen molar-refractivity contribution in [2.45, 2.75) is 5.75 Å². The molecule has 0 radical (unpaired) electrons. The number of benzene rings is 1. The van der Waals surface area contributed by atoms with Crippen molar-refractivity contribution in [2.24, 2.45) is 0 Å². The van der Waals surface area contributed by atoms with Crippen molar-refractivity contribution in [3.63, 3.8) is 0 Å². The molecule has 1 heterocycles. The van der Waals surface area contributed by atoms with E-state index in [2.05, 4.69) is 4.98 Å². The second-order valence-corrected chi connectivity index (χ2v) is 4.52. The van der Waals surface area contributed by atoms with Crippen molar-refractivity contribution >= 4 is 28.6 Å². The highest BCUT2D eigenvalue weighted by molar-refractivity contribution is 7.99. The summed E-state index contributed by atoms with van der Waals surface area (Å²) in [6, 6.07) is 7.06. The van der Waals surface area contributed by atoms with E-state index in [0.29, 0.717) is 11.3 Å². The lowest BCUT2D eigenvalue weighted by Crippen LogP contribution is -1.98. The molecule has 4 nitrogen and oxygen atoms in total. The molecule has 0 saturated heterocycles. The Morgan fingerprint density at radius 2 is 2.18 bits per heavy atom. The number of aliphatic carboxylic acids is 1. The second-order valence-electron chi connectivity index (χ2n) is 3.53. The van der Waals surface area contributed by atoms with Crippen molar-refractivity contribution < 1.29 is 15.0 Å². The number of aromatic nitrogens is 1. The lowest BCUT2D eigenvalue weighted by Gasteiger charge is -2.06. The van der Waals surface area contributed by atoms with Gasteiger partial charge in [0, 0.05) is 17.3 Å². The largest absolute Gasteiger partial charge is 0.506 e. The molecule has 2 aromatic rings. The Bertz CT molecular complexity index is 556. The molecule has 0 aliphatic rings. The van der Waals surface area contributed by atoms with Crippen LogP contribution in [0.15, 0.2) is 30.5 Å². The fraction of sp³-hybridized carbons (Fsp3) is 0.167. The summed E-state index contributed by atoms with van der Waals surface area (Å²) in [4.78, 5) is 14.5. The normalized spacial score (nSPS) is 10.6. The molecule has 2 N–H and O–H groups in total. The summed E-state index contributed by atoms with van der Waals surface area (Å²) in [5.74, 6) is -0.0130. The predicted molar refractivity (Wildman–Crippen MR) is 67.2 cm³/mol. The van der Waals surface area contributed by atoms with Crippen molar-refractivity contribution in [1.82, 2.24) is 4.98 Å². The average Bonchev–Trinajstić information content (AvgIpc) is 2.32. The van der Waals surface area contributed by atoms with Crippen molar-refractivity contribution in [3.05, 3.63) is 36.0 Å². The van der Waals surface area contributed by atoms with Gasteiger partial charge in [-0.2, -0.15) is 0 Å². The van der Waals surface area contributed by atoms with Crippen LogP contribution in [0.3, 0.4) is 0 Å². The summed E-state index contributed by atoms with van der Waals surface area (Å²) in [6.45, 7) is 0. The van der Waals surface area contributed by atoms with Crippen molar-refractivity contribution in [2.75, 3.05) is 5.75 Å². The highest BCUT2D eigenvalue weighted by Crippen LogP contribution is 2.27. The molecule has 0 spiro atoms. The van der Waals surface area contributed by atoms with E-state index in [-0.39, 0.29) is 11.5 Å². The SMILES string of the molecule is O=C(O)CSCc1ccc(O)c2ncccc12. The van der Waals surface area contributed by atoms with Crippen LogP contribution in [0.5, 0.6) is 5.75 Å². The summed E-state index contributed by atoms with van der Waals surface area (Å²) in [5.41, 5.74) is 1.54. The van der Waals surface area contributed by atoms with Gasteiger partial charge in [-0.25, -0.2) is 0 Å². The molecule has 0 bridgehead atoms. The van der Waals surface area contributed by atoms with Crippen LogP contribution in [0.1, 0.15) is 5.56 Å². The van der Waals surface area contributed by atoms with Gasteiger partial charge in [0.25, 0.3) is 0 Å². The predicted octanol–water partition coefficient (Wildman–Crippen LogP) is 2.26. The van der Waals surface area contributed by atoms with Crippen LogP contribution in [0.2, 0.25) is 0 Å². The van der Waals surface area contributed by atoms with Crippen LogP contribution in [0.4, 0.5) is 0 Å². The number of phenolic OH excluding ortho intramolecular Hbond substituents is 1. The third-order valence-corrected chi connectivity index (χ3v) is 3.29.